The van der Waals surface area contributed by atoms with Gasteiger partial charge in [0.1, 0.15) is 37.1 Å². The molecular weight excluding hydrogens is 707 g/mol. The molecule has 262 valence electrons. The van der Waals surface area contributed by atoms with Crippen molar-refractivity contribution in [3.63, 3.8) is 0 Å². The first-order valence-corrected chi connectivity index (χ1v) is 17.6. The molecule has 7 rings (SSSR count). The van der Waals surface area contributed by atoms with Gasteiger partial charge in [0.25, 0.3) is 0 Å². The Balaban J connectivity index is 0.947. The Labute approximate surface area is 298 Å². The smallest absolute Gasteiger partial charge is 0.350 e. The maximum Gasteiger partial charge on any atom is 0.350 e. The number of halogens is 2. The number of piperazine rings is 1. The van der Waals surface area contributed by atoms with E-state index in [0.29, 0.717) is 31.1 Å². The second-order valence-electron chi connectivity index (χ2n) is 12.7. The van der Waals surface area contributed by atoms with E-state index in [4.69, 9.17) is 14.2 Å². The molecule has 0 aliphatic carbocycles. The normalized spacial score (nSPS) is 20.0. The summed E-state index contributed by atoms with van der Waals surface area (Å²) >= 11 is 3.53. The minimum Gasteiger partial charge on any atom is -0.491 e. The van der Waals surface area contributed by atoms with E-state index in [-0.39, 0.29) is 36.8 Å². The largest absolute Gasteiger partial charge is 0.491 e. The number of hydrogen-bond acceptors (Lipinski definition) is 9. The maximum absolute atomic E-state index is 15.5. The van der Waals surface area contributed by atoms with Crippen LogP contribution in [0.25, 0.3) is 5.69 Å². The lowest BCUT2D eigenvalue weighted by Gasteiger charge is -2.37. The van der Waals surface area contributed by atoms with Crippen LogP contribution in [0, 0.1) is 12.7 Å². The fourth-order valence-electron chi connectivity index (χ4n) is 6.54. The average molecular weight is 748 g/mol. The zero-order chi connectivity index (χ0) is 34.8. The topological polar surface area (TPSA) is 105 Å². The van der Waals surface area contributed by atoms with Crippen LogP contribution < -0.4 is 20.2 Å². The van der Waals surface area contributed by atoms with Crippen LogP contribution in [0.1, 0.15) is 37.4 Å². The van der Waals surface area contributed by atoms with E-state index in [9.17, 15) is 4.79 Å². The molecule has 1 unspecified atom stereocenters. The van der Waals surface area contributed by atoms with E-state index < -0.39 is 5.79 Å². The number of ether oxygens (including phenoxy) is 3. The number of nitrogens with zero attached hydrogens (tertiary/aromatic N) is 8. The van der Waals surface area contributed by atoms with Gasteiger partial charge in [-0.25, -0.2) is 18.4 Å². The molecular formula is C36H40BrFN8O4. The predicted octanol–water partition coefficient (Wildman–Crippen LogP) is 5.48. The first kappa shape index (κ1) is 33.9. The summed E-state index contributed by atoms with van der Waals surface area (Å²) in [5.41, 5.74) is 4.11. The Morgan fingerprint density at radius 2 is 1.70 bits per heavy atom. The van der Waals surface area contributed by atoms with Crippen LogP contribution in [-0.2, 0) is 21.8 Å². The van der Waals surface area contributed by atoms with Gasteiger partial charge in [0.05, 0.1) is 36.4 Å². The second kappa shape index (κ2) is 14.4. The summed E-state index contributed by atoms with van der Waals surface area (Å²) < 4.78 is 38.3. The first-order chi connectivity index (χ1) is 24.2. The summed E-state index contributed by atoms with van der Waals surface area (Å²) in [5.74, 6) is -1.00. The van der Waals surface area contributed by atoms with Crippen molar-refractivity contribution in [3.05, 3.63) is 111 Å². The van der Waals surface area contributed by atoms with Crippen LogP contribution in [-0.4, -0.2) is 74.8 Å². The van der Waals surface area contributed by atoms with E-state index in [2.05, 4.69) is 41.0 Å². The monoisotopic (exact) mass is 746 g/mol. The van der Waals surface area contributed by atoms with Crippen molar-refractivity contribution in [2.75, 3.05) is 49.2 Å². The van der Waals surface area contributed by atoms with Crippen LogP contribution in [0.3, 0.4) is 0 Å². The summed E-state index contributed by atoms with van der Waals surface area (Å²) in [4.78, 5) is 18.7. The fraction of sp³-hybridized carbons (Fsp3) is 0.389. The lowest BCUT2D eigenvalue weighted by atomic mass is 10.00. The van der Waals surface area contributed by atoms with Gasteiger partial charge in [-0.3, -0.25) is 0 Å². The van der Waals surface area contributed by atoms with Crippen LogP contribution in [0.4, 0.5) is 15.8 Å². The number of rotatable bonds is 11. The highest BCUT2D eigenvalue weighted by molar-refractivity contribution is 9.10. The molecule has 2 saturated heterocycles. The molecule has 2 aliphatic heterocycles. The summed E-state index contributed by atoms with van der Waals surface area (Å²) in [6, 6.07) is 18.9. The van der Waals surface area contributed by atoms with Gasteiger partial charge < -0.3 is 24.0 Å². The highest BCUT2D eigenvalue weighted by Gasteiger charge is 2.45. The molecule has 2 aromatic heterocycles. The van der Waals surface area contributed by atoms with Crippen molar-refractivity contribution >= 4 is 27.3 Å². The Morgan fingerprint density at radius 3 is 2.40 bits per heavy atom. The highest BCUT2D eigenvalue weighted by atomic mass is 79.9. The zero-order valence-electron chi connectivity index (χ0n) is 28.3. The summed E-state index contributed by atoms with van der Waals surface area (Å²) in [6.07, 6.45) is 5.25. The van der Waals surface area contributed by atoms with Gasteiger partial charge in [-0.15, -0.1) is 0 Å². The fourth-order valence-corrected chi connectivity index (χ4v) is 7.02. The molecule has 2 fully saturated rings. The Bertz CT molecular complexity index is 1980. The van der Waals surface area contributed by atoms with Crippen LogP contribution in [0.2, 0.25) is 0 Å². The summed E-state index contributed by atoms with van der Waals surface area (Å²) in [5, 5.41) is 12.8. The molecule has 4 heterocycles. The second-order valence-corrected chi connectivity index (χ2v) is 13.6. The van der Waals surface area contributed by atoms with Gasteiger partial charge in [0, 0.05) is 48.0 Å². The van der Waals surface area contributed by atoms with Gasteiger partial charge in [-0.05, 0) is 74.4 Å². The Hall–Kier alpha value is -4.53. The van der Waals surface area contributed by atoms with Gasteiger partial charge in [0.15, 0.2) is 0 Å². The maximum atomic E-state index is 15.5. The van der Waals surface area contributed by atoms with Crippen molar-refractivity contribution in [1.29, 1.82) is 0 Å². The van der Waals surface area contributed by atoms with Gasteiger partial charge >= 0.3 is 5.69 Å². The number of anilines is 2. The highest BCUT2D eigenvalue weighted by Crippen LogP contribution is 2.38. The molecule has 5 aromatic rings. The predicted molar refractivity (Wildman–Crippen MR) is 191 cm³/mol. The lowest BCUT2D eigenvalue weighted by molar-refractivity contribution is -0.192. The molecule has 2 aliphatic rings. The molecule has 0 bridgehead atoms. The number of benzene rings is 3. The van der Waals surface area contributed by atoms with E-state index >= 15 is 4.39 Å². The van der Waals surface area contributed by atoms with Crippen molar-refractivity contribution in [1.82, 2.24) is 29.3 Å². The average Bonchev–Trinajstić information content (AvgIpc) is 3.88. The molecule has 3 atom stereocenters. The molecule has 12 nitrogen and oxygen atoms in total. The number of aryl methyl sites for hydroxylation is 1. The molecule has 0 spiro atoms. The minimum absolute atomic E-state index is 0.0421. The first-order valence-electron chi connectivity index (χ1n) is 16.8. The summed E-state index contributed by atoms with van der Waals surface area (Å²) in [7, 11) is 0. The standard InChI is InChI=1S/C36H40BrFN8O4/c1-4-26(3)46-35(47)44(24-41-46)29-8-6-28(7-9-29)42-15-17-43(18-16-42)34-12-10-30(20-33(34)38)48-21-31-22-49-36(50-31,23-45-39-13-14-40-45)32-11-5-27(37)19-25(32)2/h5-14,19-20,24,26,31H,4,15-18,21-23H2,1-3H3/t26?,31-,36-/m1/s1. The molecule has 0 N–H and O–H groups in total. The van der Waals surface area contributed by atoms with E-state index in [1.165, 1.54) is 10.7 Å². The Morgan fingerprint density at radius 1 is 0.980 bits per heavy atom. The quantitative estimate of drug-likeness (QED) is 0.174. The third-order valence-electron chi connectivity index (χ3n) is 9.44. The van der Waals surface area contributed by atoms with Crippen molar-refractivity contribution in [2.24, 2.45) is 0 Å². The molecule has 14 heteroatoms. The van der Waals surface area contributed by atoms with Crippen LogP contribution in [0.5, 0.6) is 5.75 Å². The zero-order valence-corrected chi connectivity index (χ0v) is 29.9. The lowest BCUT2D eigenvalue weighted by Crippen LogP contribution is -2.46. The van der Waals surface area contributed by atoms with Crippen LogP contribution in [0.15, 0.2) is 88.7 Å². The van der Waals surface area contributed by atoms with Gasteiger partial charge in [0.2, 0.25) is 5.79 Å². The molecule has 0 amide bonds. The Kier molecular flexibility index (Phi) is 9.76. The van der Waals surface area contributed by atoms with Crippen LogP contribution >= 0.6 is 15.9 Å². The van der Waals surface area contributed by atoms with E-state index in [0.717, 1.165) is 46.5 Å². The third kappa shape index (κ3) is 6.92. The number of hydrogen-bond donors (Lipinski definition) is 0. The van der Waals surface area contributed by atoms with E-state index in [1.807, 2.05) is 63.2 Å². The molecule has 0 radical (unpaired) electrons. The van der Waals surface area contributed by atoms with Crippen molar-refractivity contribution in [3.8, 4) is 11.4 Å². The van der Waals surface area contributed by atoms with Gasteiger partial charge in [-0.2, -0.15) is 20.1 Å². The molecule has 50 heavy (non-hydrogen) atoms. The summed E-state index contributed by atoms with van der Waals surface area (Å²) in [6.45, 7) is 9.57. The molecule has 3 aromatic carbocycles. The van der Waals surface area contributed by atoms with Crippen molar-refractivity contribution in [2.45, 2.75) is 51.7 Å². The van der Waals surface area contributed by atoms with Crippen molar-refractivity contribution < 1.29 is 18.6 Å². The number of aromatic nitrogens is 6. The van der Waals surface area contributed by atoms with Gasteiger partial charge in [-0.1, -0.05) is 28.9 Å². The minimum atomic E-state index is -1.09. The van der Waals surface area contributed by atoms with E-state index in [1.54, 1.807) is 40.2 Å². The molecule has 0 saturated carbocycles. The third-order valence-corrected chi connectivity index (χ3v) is 9.94. The SMILES string of the molecule is CCC(C)n1ncn(-c2ccc(N3CCN(c4ccc(OC[C@@H]5CO[C@@](Cn6nccn6)(c6ccc(Br)cc6C)O5)cc4F)CC3)cc2)c1=O.